The summed E-state index contributed by atoms with van der Waals surface area (Å²) >= 11 is 0. The first-order valence-electron chi connectivity index (χ1n) is 7.98. The summed E-state index contributed by atoms with van der Waals surface area (Å²) in [7, 11) is 0. The summed E-state index contributed by atoms with van der Waals surface area (Å²) in [5.74, 6) is 0.621. The number of unbranched alkanes of at least 4 members (excludes halogenated alkanes) is 4. The van der Waals surface area contributed by atoms with Gasteiger partial charge in [-0.2, -0.15) is 0 Å². The minimum Gasteiger partial charge on any atom is -0.310 e. The Hall–Kier alpha value is -0.820. The number of benzene rings is 1. The van der Waals surface area contributed by atoms with Gasteiger partial charge in [0.1, 0.15) is 0 Å². The standard InChI is InChI=1S/C18H31N/c1-5-6-7-8-9-14-19-16(4)18-12-10-17(11-13-18)15(2)3/h10-13,15-16,19H,5-9,14H2,1-4H3. The second-order valence-corrected chi connectivity index (χ2v) is 5.91. The fraction of sp³-hybridized carbons (Fsp3) is 0.667. The molecule has 1 heteroatoms. The molecule has 1 N–H and O–H groups in total. The maximum atomic E-state index is 3.62. The molecule has 0 aliphatic rings. The molecule has 0 spiro atoms. The lowest BCUT2D eigenvalue weighted by Gasteiger charge is -2.15. The van der Waals surface area contributed by atoms with Crippen molar-refractivity contribution >= 4 is 0 Å². The first-order chi connectivity index (χ1) is 9.15. The van der Waals surface area contributed by atoms with E-state index in [4.69, 9.17) is 0 Å². The van der Waals surface area contributed by atoms with Gasteiger partial charge in [0, 0.05) is 6.04 Å². The van der Waals surface area contributed by atoms with E-state index in [9.17, 15) is 0 Å². The van der Waals surface area contributed by atoms with Crippen LogP contribution in [-0.4, -0.2) is 6.54 Å². The lowest BCUT2D eigenvalue weighted by Crippen LogP contribution is -2.19. The average molecular weight is 261 g/mol. The number of rotatable bonds is 9. The minimum absolute atomic E-state index is 0.465. The molecule has 1 rings (SSSR count). The van der Waals surface area contributed by atoms with E-state index < -0.39 is 0 Å². The van der Waals surface area contributed by atoms with Gasteiger partial charge in [-0.15, -0.1) is 0 Å². The van der Waals surface area contributed by atoms with Gasteiger partial charge in [0.05, 0.1) is 0 Å². The maximum absolute atomic E-state index is 3.62. The van der Waals surface area contributed by atoms with Crippen LogP contribution in [0.15, 0.2) is 24.3 Å². The highest BCUT2D eigenvalue weighted by Gasteiger charge is 2.05. The highest BCUT2D eigenvalue weighted by atomic mass is 14.9. The third kappa shape index (κ3) is 6.24. The van der Waals surface area contributed by atoms with E-state index in [1.165, 1.54) is 43.2 Å². The molecule has 1 unspecified atom stereocenters. The number of hydrogen-bond donors (Lipinski definition) is 1. The Morgan fingerprint density at radius 3 is 2.00 bits per heavy atom. The van der Waals surface area contributed by atoms with E-state index in [-0.39, 0.29) is 0 Å². The highest BCUT2D eigenvalue weighted by Crippen LogP contribution is 2.18. The molecule has 108 valence electrons. The van der Waals surface area contributed by atoms with Crippen LogP contribution >= 0.6 is 0 Å². The largest absolute Gasteiger partial charge is 0.310 e. The van der Waals surface area contributed by atoms with Crippen molar-refractivity contribution in [1.82, 2.24) is 5.32 Å². The predicted octanol–water partition coefficient (Wildman–Crippen LogP) is 5.43. The van der Waals surface area contributed by atoms with Gasteiger partial charge in [-0.25, -0.2) is 0 Å². The van der Waals surface area contributed by atoms with Crippen molar-refractivity contribution in [1.29, 1.82) is 0 Å². The molecule has 0 radical (unpaired) electrons. The first-order valence-corrected chi connectivity index (χ1v) is 7.98. The topological polar surface area (TPSA) is 12.0 Å². The monoisotopic (exact) mass is 261 g/mol. The fourth-order valence-electron chi connectivity index (χ4n) is 2.33. The lowest BCUT2D eigenvalue weighted by molar-refractivity contribution is 0.531. The fourth-order valence-corrected chi connectivity index (χ4v) is 2.33. The summed E-state index contributed by atoms with van der Waals surface area (Å²) in [5, 5.41) is 3.62. The quantitative estimate of drug-likeness (QED) is 0.584. The van der Waals surface area contributed by atoms with Gasteiger partial charge >= 0.3 is 0 Å². The maximum Gasteiger partial charge on any atom is 0.0291 e. The van der Waals surface area contributed by atoms with Crippen molar-refractivity contribution in [2.45, 2.75) is 71.8 Å². The van der Waals surface area contributed by atoms with Crippen molar-refractivity contribution in [2.24, 2.45) is 0 Å². The van der Waals surface area contributed by atoms with E-state index in [0.717, 1.165) is 6.54 Å². The van der Waals surface area contributed by atoms with E-state index in [0.29, 0.717) is 12.0 Å². The minimum atomic E-state index is 0.465. The Bertz CT molecular complexity index is 326. The third-order valence-electron chi connectivity index (χ3n) is 3.83. The molecule has 19 heavy (non-hydrogen) atoms. The Labute approximate surface area is 119 Å². The summed E-state index contributed by atoms with van der Waals surface area (Å²) in [4.78, 5) is 0. The molecule has 1 atom stereocenters. The summed E-state index contributed by atoms with van der Waals surface area (Å²) in [6.45, 7) is 10.1. The van der Waals surface area contributed by atoms with E-state index in [2.05, 4.69) is 57.3 Å². The number of hydrogen-bond acceptors (Lipinski definition) is 1. The zero-order valence-corrected chi connectivity index (χ0v) is 13.2. The Balaban J connectivity index is 2.27. The van der Waals surface area contributed by atoms with Gasteiger partial charge in [0.2, 0.25) is 0 Å². The van der Waals surface area contributed by atoms with E-state index in [1.807, 2.05) is 0 Å². The molecule has 0 aromatic heterocycles. The van der Waals surface area contributed by atoms with Crippen LogP contribution < -0.4 is 5.32 Å². The van der Waals surface area contributed by atoms with Crippen LogP contribution in [0.1, 0.15) is 82.9 Å². The SMILES string of the molecule is CCCCCCCNC(C)c1ccc(C(C)C)cc1. The van der Waals surface area contributed by atoms with E-state index in [1.54, 1.807) is 0 Å². The van der Waals surface area contributed by atoms with Crippen molar-refractivity contribution in [3.63, 3.8) is 0 Å². The Kier molecular flexibility index (Phi) is 7.81. The highest BCUT2D eigenvalue weighted by molar-refractivity contribution is 5.26. The third-order valence-corrected chi connectivity index (χ3v) is 3.83. The molecule has 0 heterocycles. The van der Waals surface area contributed by atoms with Crippen molar-refractivity contribution in [3.05, 3.63) is 35.4 Å². The van der Waals surface area contributed by atoms with Gasteiger partial charge in [-0.1, -0.05) is 70.7 Å². The van der Waals surface area contributed by atoms with Crippen LogP contribution in [0.5, 0.6) is 0 Å². The number of nitrogens with one attached hydrogen (secondary N) is 1. The Morgan fingerprint density at radius 2 is 1.42 bits per heavy atom. The molecule has 1 nitrogen and oxygen atoms in total. The zero-order chi connectivity index (χ0) is 14.1. The van der Waals surface area contributed by atoms with Crippen LogP contribution in [0.25, 0.3) is 0 Å². The van der Waals surface area contributed by atoms with Crippen LogP contribution in [0.2, 0.25) is 0 Å². The van der Waals surface area contributed by atoms with Crippen LogP contribution in [0, 0.1) is 0 Å². The normalized spacial score (nSPS) is 12.9. The molecule has 0 aliphatic heterocycles. The Morgan fingerprint density at radius 1 is 0.842 bits per heavy atom. The molecule has 0 aliphatic carbocycles. The summed E-state index contributed by atoms with van der Waals surface area (Å²) in [5.41, 5.74) is 2.83. The van der Waals surface area contributed by atoms with Gasteiger partial charge < -0.3 is 5.32 Å². The smallest absolute Gasteiger partial charge is 0.0291 e. The van der Waals surface area contributed by atoms with Crippen molar-refractivity contribution in [2.75, 3.05) is 6.54 Å². The first kappa shape index (κ1) is 16.2. The molecule has 1 aromatic carbocycles. The lowest BCUT2D eigenvalue weighted by atomic mass is 9.99. The second-order valence-electron chi connectivity index (χ2n) is 5.91. The summed E-state index contributed by atoms with van der Waals surface area (Å²) in [6, 6.07) is 9.53. The molecule has 0 saturated heterocycles. The zero-order valence-electron chi connectivity index (χ0n) is 13.2. The second kappa shape index (κ2) is 9.14. The van der Waals surface area contributed by atoms with Gasteiger partial charge in [-0.05, 0) is 36.9 Å². The van der Waals surface area contributed by atoms with Crippen LogP contribution in [0.4, 0.5) is 0 Å². The van der Waals surface area contributed by atoms with Gasteiger partial charge in [0.25, 0.3) is 0 Å². The van der Waals surface area contributed by atoms with E-state index >= 15 is 0 Å². The van der Waals surface area contributed by atoms with Crippen molar-refractivity contribution < 1.29 is 0 Å². The molecule has 0 amide bonds. The molecular formula is C18H31N. The average Bonchev–Trinajstić information content (AvgIpc) is 2.42. The van der Waals surface area contributed by atoms with Gasteiger partial charge in [-0.3, -0.25) is 0 Å². The molecule has 0 saturated carbocycles. The van der Waals surface area contributed by atoms with Crippen LogP contribution in [0.3, 0.4) is 0 Å². The summed E-state index contributed by atoms with van der Waals surface area (Å²) in [6.07, 6.45) is 6.75. The van der Waals surface area contributed by atoms with Crippen LogP contribution in [-0.2, 0) is 0 Å². The predicted molar refractivity (Wildman–Crippen MR) is 85.7 cm³/mol. The van der Waals surface area contributed by atoms with Gasteiger partial charge in [0.15, 0.2) is 0 Å². The molecular weight excluding hydrogens is 230 g/mol. The molecule has 0 bridgehead atoms. The molecule has 0 fully saturated rings. The summed E-state index contributed by atoms with van der Waals surface area (Å²) < 4.78 is 0. The van der Waals surface area contributed by atoms with Crippen molar-refractivity contribution in [3.8, 4) is 0 Å². The molecule has 1 aromatic rings.